The highest BCUT2D eigenvalue weighted by molar-refractivity contribution is 7.99. The van der Waals surface area contributed by atoms with E-state index >= 15 is 0 Å². The molecule has 0 heterocycles. The van der Waals surface area contributed by atoms with E-state index in [9.17, 15) is 4.79 Å². The molecule has 0 fully saturated rings. The van der Waals surface area contributed by atoms with Gasteiger partial charge in [0.1, 0.15) is 0 Å². The fraction of sp³-hybridized carbons (Fsp3) is 0.364. The number of carboxylic acid groups (broad SMARTS) is 1. The fourth-order valence-corrected chi connectivity index (χ4v) is 2.03. The van der Waals surface area contributed by atoms with Gasteiger partial charge < -0.3 is 5.11 Å². The maximum Gasteiger partial charge on any atom is 0.335 e. The normalized spacial score (nSPS) is 10.1. The summed E-state index contributed by atoms with van der Waals surface area (Å²) in [6.07, 6.45) is 2.39. The van der Waals surface area contributed by atoms with Crippen molar-refractivity contribution >= 4 is 17.7 Å². The van der Waals surface area contributed by atoms with Crippen molar-refractivity contribution in [3.05, 3.63) is 29.8 Å². The summed E-state index contributed by atoms with van der Waals surface area (Å²) in [5, 5.41) is 8.68. The molecule has 0 aliphatic heterocycles. The minimum Gasteiger partial charge on any atom is -0.478 e. The van der Waals surface area contributed by atoms with Crippen LogP contribution < -0.4 is 0 Å². The molecule has 0 saturated carbocycles. The highest BCUT2D eigenvalue weighted by Gasteiger charge is 2.01. The molecule has 0 spiro atoms. The summed E-state index contributed by atoms with van der Waals surface area (Å²) in [5.41, 5.74) is 0.352. The van der Waals surface area contributed by atoms with E-state index in [2.05, 4.69) is 6.92 Å². The molecule has 0 saturated heterocycles. The van der Waals surface area contributed by atoms with Crippen LogP contribution in [-0.4, -0.2) is 16.8 Å². The van der Waals surface area contributed by atoms with E-state index < -0.39 is 5.97 Å². The van der Waals surface area contributed by atoms with E-state index in [-0.39, 0.29) is 0 Å². The van der Waals surface area contributed by atoms with Gasteiger partial charge in [-0.05, 0) is 36.4 Å². The molecule has 2 nitrogen and oxygen atoms in total. The van der Waals surface area contributed by atoms with E-state index in [1.54, 1.807) is 23.9 Å². The molecule has 1 N–H and O–H groups in total. The molecule has 1 rings (SSSR count). The first-order chi connectivity index (χ1) is 6.74. The first-order valence-electron chi connectivity index (χ1n) is 4.70. The second kappa shape index (κ2) is 5.70. The molecular formula is C11H14O2S. The van der Waals surface area contributed by atoms with Gasteiger partial charge in [-0.2, -0.15) is 0 Å². The zero-order valence-corrected chi connectivity index (χ0v) is 9.01. The van der Waals surface area contributed by atoms with Crippen LogP contribution >= 0.6 is 11.8 Å². The standard InChI is InChI=1S/C11H14O2S/c1-2-3-8-14-10-6-4-9(5-7-10)11(12)13/h4-7H,2-3,8H2,1H3,(H,12,13). The average molecular weight is 210 g/mol. The van der Waals surface area contributed by atoms with Gasteiger partial charge in [0.15, 0.2) is 0 Å². The van der Waals surface area contributed by atoms with E-state index in [1.807, 2.05) is 12.1 Å². The first-order valence-corrected chi connectivity index (χ1v) is 5.68. The van der Waals surface area contributed by atoms with Gasteiger partial charge >= 0.3 is 5.97 Å². The highest BCUT2D eigenvalue weighted by Crippen LogP contribution is 2.19. The fourth-order valence-electron chi connectivity index (χ4n) is 1.03. The van der Waals surface area contributed by atoms with Gasteiger partial charge in [-0.1, -0.05) is 13.3 Å². The molecule has 0 atom stereocenters. The molecule has 1 aromatic carbocycles. The van der Waals surface area contributed by atoms with Crippen molar-refractivity contribution in [2.45, 2.75) is 24.7 Å². The van der Waals surface area contributed by atoms with Crippen LogP contribution in [0.4, 0.5) is 0 Å². The molecule has 0 aromatic heterocycles. The molecule has 1 aromatic rings. The Balaban J connectivity index is 2.51. The van der Waals surface area contributed by atoms with Crippen molar-refractivity contribution < 1.29 is 9.90 Å². The zero-order valence-electron chi connectivity index (χ0n) is 8.19. The van der Waals surface area contributed by atoms with Gasteiger partial charge in [-0.3, -0.25) is 0 Å². The van der Waals surface area contributed by atoms with Gasteiger partial charge in [0.2, 0.25) is 0 Å². The maximum absolute atomic E-state index is 10.6. The third-order valence-corrected chi connectivity index (χ3v) is 2.97. The van der Waals surface area contributed by atoms with Crippen molar-refractivity contribution in [3.8, 4) is 0 Å². The average Bonchev–Trinajstić information content (AvgIpc) is 2.19. The summed E-state index contributed by atoms with van der Waals surface area (Å²) in [4.78, 5) is 11.7. The van der Waals surface area contributed by atoms with E-state index in [0.717, 1.165) is 10.6 Å². The van der Waals surface area contributed by atoms with Crippen LogP contribution in [0.1, 0.15) is 30.1 Å². The molecule has 3 heteroatoms. The Kier molecular flexibility index (Phi) is 4.53. The van der Waals surface area contributed by atoms with E-state index in [4.69, 9.17) is 5.11 Å². The zero-order chi connectivity index (χ0) is 10.4. The van der Waals surface area contributed by atoms with Crippen molar-refractivity contribution in [1.29, 1.82) is 0 Å². The van der Waals surface area contributed by atoms with Crippen LogP contribution in [0.3, 0.4) is 0 Å². The van der Waals surface area contributed by atoms with Crippen molar-refractivity contribution in [2.75, 3.05) is 5.75 Å². The molecule has 0 amide bonds. The summed E-state index contributed by atoms with van der Waals surface area (Å²) < 4.78 is 0. The van der Waals surface area contributed by atoms with Crippen LogP contribution in [0.2, 0.25) is 0 Å². The Morgan fingerprint density at radius 1 is 1.36 bits per heavy atom. The van der Waals surface area contributed by atoms with Crippen LogP contribution in [0.25, 0.3) is 0 Å². The topological polar surface area (TPSA) is 37.3 Å². The molecule has 0 aliphatic rings. The summed E-state index contributed by atoms with van der Waals surface area (Å²) >= 11 is 1.77. The lowest BCUT2D eigenvalue weighted by Gasteiger charge is -2.00. The van der Waals surface area contributed by atoms with Gasteiger partial charge in [0.25, 0.3) is 0 Å². The Hall–Kier alpha value is -0.960. The second-order valence-corrected chi connectivity index (χ2v) is 4.20. The van der Waals surface area contributed by atoms with Crippen molar-refractivity contribution in [1.82, 2.24) is 0 Å². The third kappa shape index (κ3) is 3.42. The summed E-state index contributed by atoms with van der Waals surface area (Å²) in [7, 11) is 0. The Morgan fingerprint density at radius 3 is 2.50 bits per heavy atom. The second-order valence-electron chi connectivity index (χ2n) is 3.03. The highest BCUT2D eigenvalue weighted by atomic mass is 32.2. The van der Waals surface area contributed by atoms with Gasteiger partial charge in [0, 0.05) is 4.90 Å². The number of aromatic carboxylic acids is 1. The first kappa shape index (κ1) is 11.1. The van der Waals surface area contributed by atoms with E-state index in [0.29, 0.717) is 5.56 Å². The largest absolute Gasteiger partial charge is 0.478 e. The summed E-state index contributed by atoms with van der Waals surface area (Å²) in [5.74, 6) is 0.234. The molecule has 0 bridgehead atoms. The minimum atomic E-state index is -0.866. The SMILES string of the molecule is CCCCSc1ccc(C(=O)O)cc1. The molecule has 0 radical (unpaired) electrons. The van der Waals surface area contributed by atoms with Gasteiger partial charge in [-0.25, -0.2) is 4.79 Å². The molecular weight excluding hydrogens is 196 g/mol. The number of hydrogen-bond donors (Lipinski definition) is 1. The van der Waals surface area contributed by atoms with Crippen LogP contribution in [0.15, 0.2) is 29.2 Å². The number of thioether (sulfide) groups is 1. The Morgan fingerprint density at radius 2 is 2.00 bits per heavy atom. The number of rotatable bonds is 5. The van der Waals surface area contributed by atoms with E-state index in [1.165, 1.54) is 12.8 Å². The quantitative estimate of drug-likeness (QED) is 0.598. The van der Waals surface area contributed by atoms with Crippen LogP contribution in [-0.2, 0) is 0 Å². The number of carboxylic acids is 1. The smallest absolute Gasteiger partial charge is 0.335 e. The lowest BCUT2D eigenvalue weighted by molar-refractivity contribution is 0.0697. The number of unbranched alkanes of at least 4 members (excludes halogenated alkanes) is 1. The predicted molar refractivity (Wildman–Crippen MR) is 59.0 cm³/mol. The summed E-state index contributed by atoms with van der Waals surface area (Å²) in [6.45, 7) is 2.16. The van der Waals surface area contributed by atoms with Crippen LogP contribution in [0, 0.1) is 0 Å². The minimum absolute atomic E-state index is 0.352. The monoisotopic (exact) mass is 210 g/mol. The van der Waals surface area contributed by atoms with Crippen LogP contribution in [0.5, 0.6) is 0 Å². The van der Waals surface area contributed by atoms with Gasteiger partial charge in [-0.15, -0.1) is 11.8 Å². The molecule has 0 unspecified atom stereocenters. The summed E-state index contributed by atoms with van der Waals surface area (Å²) in [6, 6.07) is 7.03. The predicted octanol–water partition coefficient (Wildman–Crippen LogP) is 3.28. The molecule has 0 aliphatic carbocycles. The molecule has 76 valence electrons. The Labute approximate surface area is 88.3 Å². The molecule has 14 heavy (non-hydrogen) atoms. The number of hydrogen-bond acceptors (Lipinski definition) is 2. The Bertz CT molecular complexity index is 293. The number of benzene rings is 1. The lowest BCUT2D eigenvalue weighted by Crippen LogP contribution is -1.94. The number of carbonyl (C=O) groups is 1. The third-order valence-electron chi connectivity index (χ3n) is 1.87. The van der Waals surface area contributed by atoms with Gasteiger partial charge in [0.05, 0.1) is 5.56 Å². The van der Waals surface area contributed by atoms with Crippen molar-refractivity contribution in [3.63, 3.8) is 0 Å². The van der Waals surface area contributed by atoms with Crippen molar-refractivity contribution in [2.24, 2.45) is 0 Å². The maximum atomic E-state index is 10.6. The lowest BCUT2D eigenvalue weighted by atomic mass is 10.2.